The highest BCUT2D eigenvalue weighted by Gasteiger charge is 2.30. The number of thiazole rings is 1. The molecule has 6 nitrogen and oxygen atoms in total. The van der Waals surface area contributed by atoms with E-state index in [0.29, 0.717) is 5.82 Å². The highest BCUT2D eigenvalue weighted by molar-refractivity contribution is 7.22. The number of rotatable bonds is 5. The maximum Gasteiger partial charge on any atom is 0.228 e. The molecule has 2 saturated carbocycles. The van der Waals surface area contributed by atoms with Gasteiger partial charge in [0.05, 0.1) is 16.3 Å². The summed E-state index contributed by atoms with van der Waals surface area (Å²) in [5, 5.41) is 15.1. The van der Waals surface area contributed by atoms with Crippen molar-refractivity contribution >= 4 is 38.4 Å². The number of carbonyl (C=O) groups is 1. The minimum Gasteiger partial charge on any atom is -0.365 e. The second-order valence-electron chi connectivity index (χ2n) is 7.24. The number of aromatic nitrogens is 2. The van der Waals surface area contributed by atoms with Crippen molar-refractivity contribution in [1.82, 2.24) is 9.97 Å². The van der Waals surface area contributed by atoms with Gasteiger partial charge in [0, 0.05) is 25.6 Å². The summed E-state index contributed by atoms with van der Waals surface area (Å²) in [5.74, 6) is 1.76. The lowest BCUT2D eigenvalue weighted by Gasteiger charge is -2.19. The quantitative estimate of drug-likeness (QED) is 0.760. The fourth-order valence-corrected chi connectivity index (χ4v) is 4.22. The molecule has 7 heteroatoms. The third kappa shape index (κ3) is 5.64. The first-order valence-electron chi connectivity index (χ1n) is 9.82. The molecule has 2 fully saturated rings. The summed E-state index contributed by atoms with van der Waals surface area (Å²) in [6.07, 6.45) is 12.5. The molecule has 0 atom stereocenters. The number of pyridine rings is 1. The number of nitrogens with one attached hydrogen (secondary N) is 2. The molecular weight excluding hydrogens is 358 g/mol. The number of hydrogen-bond donors (Lipinski definition) is 2. The molecule has 0 unspecified atom stereocenters. The van der Waals surface area contributed by atoms with Crippen LogP contribution in [0.2, 0.25) is 0 Å². The van der Waals surface area contributed by atoms with E-state index >= 15 is 0 Å². The summed E-state index contributed by atoms with van der Waals surface area (Å²) in [5.41, 5.74) is 0.862. The zero-order chi connectivity index (χ0) is 19.1. The van der Waals surface area contributed by atoms with Crippen molar-refractivity contribution in [2.45, 2.75) is 57.8 Å². The van der Waals surface area contributed by atoms with Crippen molar-refractivity contribution in [1.29, 1.82) is 5.26 Å². The molecule has 2 N–H and O–H groups in total. The summed E-state index contributed by atoms with van der Waals surface area (Å²) in [7, 11) is 1.83. The van der Waals surface area contributed by atoms with Gasteiger partial charge >= 0.3 is 0 Å². The molecule has 4 rings (SSSR count). The average Bonchev–Trinajstić information content (AvgIpc) is 3.47. The summed E-state index contributed by atoms with van der Waals surface area (Å²) >= 11 is 1.50. The Morgan fingerprint density at radius 2 is 2.07 bits per heavy atom. The van der Waals surface area contributed by atoms with Gasteiger partial charge in [0.1, 0.15) is 0 Å². The maximum absolute atomic E-state index is 11.7. The van der Waals surface area contributed by atoms with Gasteiger partial charge in [-0.05, 0) is 31.2 Å². The molecular formula is C20H27N5OS. The number of hydrogen-bond acceptors (Lipinski definition) is 6. The SMILES string of the molecule is CNc1nc2ccnc(NC(=O)C3CC3)c2s1.N#CCCC1CCCCC1. The normalized spacial score (nSPS) is 16.9. The monoisotopic (exact) mass is 385 g/mol. The first kappa shape index (κ1) is 19.6. The summed E-state index contributed by atoms with van der Waals surface area (Å²) in [6.45, 7) is 0. The Morgan fingerprint density at radius 1 is 1.30 bits per heavy atom. The number of fused-ring (bicyclic) bond motifs is 1. The van der Waals surface area contributed by atoms with E-state index in [1.54, 1.807) is 6.20 Å². The summed E-state index contributed by atoms with van der Waals surface area (Å²) < 4.78 is 0.922. The van der Waals surface area contributed by atoms with Crippen LogP contribution in [-0.2, 0) is 4.79 Å². The van der Waals surface area contributed by atoms with Crippen LogP contribution in [0.3, 0.4) is 0 Å². The van der Waals surface area contributed by atoms with Crippen LogP contribution in [0.15, 0.2) is 12.3 Å². The molecule has 27 heavy (non-hydrogen) atoms. The van der Waals surface area contributed by atoms with E-state index in [2.05, 4.69) is 26.7 Å². The number of anilines is 2. The van der Waals surface area contributed by atoms with Crippen LogP contribution in [0, 0.1) is 23.2 Å². The molecule has 2 aliphatic carbocycles. The first-order valence-corrected chi connectivity index (χ1v) is 10.6. The number of nitriles is 1. The van der Waals surface area contributed by atoms with E-state index in [0.717, 1.165) is 46.9 Å². The van der Waals surface area contributed by atoms with Crippen molar-refractivity contribution in [2.24, 2.45) is 11.8 Å². The Morgan fingerprint density at radius 3 is 2.74 bits per heavy atom. The van der Waals surface area contributed by atoms with Crippen LogP contribution in [0.25, 0.3) is 10.2 Å². The van der Waals surface area contributed by atoms with Crippen LogP contribution in [-0.4, -0.2) is 22.9 Å². The van der Waals surface area contributed by atoms with Gasteiger partial charge in [-0.15, -0.1) is 0 Å². The van der Waals surface area contributed by atoms with Crippen molar-refractivity contribution < 1.29 is 4.79 Å². The maximum atomic E-state index is 11.7. The van der Waals surface area contributed by atoms with Gasteiger partial charge < -0.3 is 10.6 Å². The molecule has 2 aliphatic rings. The smallest absolute Gasteiger partial charge is 0.228 e. The van der Waals surface area contributed by atoms with E-state index in [4.69, 9.17) is 5.26 Å². The lowest BCUT2D eigenvalue weighted by atomic mass is 9.86. The Hall–Kier alpha value is -2.20. The molecule has 2 aromatic heterocycles. The average molecular weight is 386 g/mol. The number of nitrogens with zero attached hydrogens (tertiary/aromatic N) is 3. The van der Waals surface area contributed by atoms with Gasteiger partial charge in [0.15, 0.2) is 10.9 Å². The van der Waals surface area contributed by atoms with E-state index in [-0.39, 0.29) is 11.8 Å². The van der Waals surface area contributed by atoms with Crippen LogP contribution in [0.4, 0.5) is 10.9 Å². The van der Waals surface area contributed by atoms with Crippen molar-refractivity contribution in [3.63, 3.8) is 0 Å². The van der Waals surface area contributed by atoms with Crippen LogP contribution in [0.1, 0.15) is 57.8 Å². The molecule has 1 amide bonds. The van der Waals surface area contributed by atoms with E-state index in [1.807, 2.05) is 13.1 Å². The van der Waals surface area contributed by atoms with Gasteiger partial charge in [-0.25, -0.2) is 9.97 Å². The molecule has 144 valence electrons. The van der Waals surface area contributed by atoms with E-state index in [9.17, 15) is 4.79 Å². The highest BCUT2D eigenvalue weighted by Crippen LogP contribution is 2.33. The van der Waals surface area contributed by atoms with Crippen LogP contribution < -0.4 is 10.6 Å². The Bertz CT molecular complexity index is 802. The largest absolute Gasteiger partial charge is 0.365 e. The van der Waals surface area contributed by atoms with Crippen LogP contribution in [0.5, 0.6) is 0 Å². The molecule has 0 aliphatic heterocycles. The standard InChI is InChI=1S/C11H12N4OS.C9H15N/c1-12-11-14-7-4-5-13-9(8(7)17-11)15-10(16)6-2-3-6;10-8-4-7-9-5-2-1-3-6-9/h4-6H,2-3H2,1H3,(H,12,14)(H,13,15,16);9H,1-7H2. The Kier molecular flexibility index (Phi) is 6.99. The zero-order valence-corrected chi connectivity index (χ0v) is 16.6. The van der Waals surface area contributed by atoms with E-state index in [1.165, 1.54) is 43.4 Å². The zero-order valence-electron chi connectivity index (χ0n) is 15.8. The molecule has 0 radical (unpaired) electrons. The molecule has 2 heterocycles. The second kappa shape index (κ2) is 9.65. The van der Waals surface area contributed by atoms with Gasteiger partial charge in [0.25, 0.3) is 0 Å². The predicted octanol–water partition coefficient (Wildman–Crippen LogP) is 4.95. The minimum atomic E-state index is 0.0735. The highest BCUT2D eigenvalue weighted by atomic mass is 32.1. The van der Waals surface area contributed by atoms with E-state index < -0.39 is 0 Å². The summed E-state index contributed by atoms with van der Waals surface area (Å²) in [6, 6.07) is 4.06. The van der Waals surface area contributed by atoms with Crippen molar-refractivity contribution in [3.05, 3.63) is 12.3 Å². The van der Waals surface area contributed by atoms with Gasteiger partial charge in [-0.1, -0.05) is 43.4 Å². The topological polar surface area (TPSA) is 90.7 Å². The van der Waals surface area contributed by atoms with Gasteiger partial charge in [-0.2, -0.15) is 5.26 Å². The lowest BCUT2D eigenvalue weighted by molar-refractivity contribution is -0.117. The Labute approximate surface area is 164 Å². The third-order valence-electron chi connectivity index (χ3n) is 5.10. The predicted molar refractivity (Wildman–Crippen MR) is 110 cm³/mol. The molecule has 2 aromatic rings. The fourth-order valence-electron chi connectivity index (χ4n) is 3.36. The van der Waals surface area contributed by atoms with Crippen molar-refractivity contribution in [3.8, 4) is 6.07 Å². The molecule has 0 bridgehead atoms. The lowest BCUT2D eigenvalue weighted by Crippen LogP contribution is -2.14. The first-order chi connectivity index (χ1) is 13.2. The number of amides is 1. The molecule has 0 aromatic carbocycles. The van der Waals surface area contributed by atoms with Crippen molar-refractivity contribution in [2.75, 3.05) is 17.7 Å². The van der Waals surface area contributed by atoms with Gasteiger partial charge in [-0.3, -0.25) is 4.79 Å². The third-order valence-corrected chi connectivity index (χ3v) is 6.19. The molecule has 0 saturated heterocycles. The second-order valence-corrected chi connectivity index (χ2v) is 8.24. The fraction of sp³-hybridized carbons (Fsp3) is 0.600. The summed E-state index contributed by atoms with van der Waals surface area (Å²) in [4.78, 5) is 20.3. The van der Waals surface area contributed by atoms with Crippen LogP contribution >= 0.6 is 11.3 Å². The Balaban J connectivity index is 0.000000180. The molecule has 0 spiro atoms. The number of carbonyl (C=O) groups excluding carboxylic acids is 1. The van der Waals surface area contributed by atoms with Gasteiger partial charge in [0.2, 0.25) is 5.91 Å². The minimum absolute atomic E-state index is 0.0735.